The molecule has 1 saturated heterocycles. The van der Waals surface area contributed by atoms with Gasteiger partial charge in [-0.05, 0) is 75.9 Å². The molecular weight excluding hydrogens is 222 g/mol. The second-order valence-corrected chi connectivity index (χ2v) is 5.54. The maximum absolute atomic E-state index is 12.5. The largest absolute Gasteiger partial charge is 0.296 e. The topological polar surface area (TPSA) is 20.3 Å². The number of ketones is 1. The molecule has 1 aromatic rings. The molecule has 0 atom stereocenters. The van der Waals surface area contributed by atoms with Gasteiger partial charge < -0.3 is 0 Å². The van der Waals surface area contributed by atoms with Crippen LogP contribution >= 0.6 is 0 Å². The highest BCUT2D eigenvalue weighted by atomic mass is 16.1. The zero-order chi connectivity index (χ0) is 13.3. The van der Waals surface area contributed by atoms with E-state index in [1.807, 2.05) is 0 Å². The molecule has 1 heterocycles. The van der Waals surface area contributed by atoms with Gasteiger partial charge in [-0.2, -0.15) is 0 Å². The van der Waals surface area contributed by atoms with Crippen molar-refractivity contribution in [3.63, 3.8) is 0 Å². The summed E-state index contributed by atoms with van der Waals surface area (Å²) in [5, 5.41) is 0. The van der Waals surface area contributed by atoms with Crippen molar-refractivity contribution >= 4 is 5.78 Å². The van der Waals surface area contributed by atoms with E-state index in [2.05, 4.69) is 38.7 Å². The molecule has 2 heteroatoms. The second-order valence-electron chi connectivity index (χ2n) is 5.54. The lowest BCUT2D eigenvalue weighted by molar-refractivity contribution is 0.0944. The Hall–Kier alpha value is -1.15. The van der Waals surface area contributed by atoms with Crippen molar-refractivity contribution in [1.82, 2.24) is 4.90 Å². The zero-order valence-corrected chi connectivity index (χ0v) is 12.0. The number of benzene rings is 1. The van der Waals surface area contributed by atoms with E-state index in [1.165, 1.54) is 24.0 Å². The Balaban J connectivity index is 2.29. The fourth-order valence-corrected chi connectivity index (χ4v) is 2.86. The number of rotatable bonds is 3. The molecule has 0 N–H and O–H groups in total. The van der Waals surface area contributed by atoms with Crippen LogP contribution in [0.4, 0.5) is 0 Å². The van der Waals surface area contributed by atoms with E-state index in [0.717, 1.165) is 29.8 Å². The number of hydrogen-bond acceptors (Lipinski definition) is 2. The van der Waals surface area contributed by atoms with Crippen LogP contribution in [-0.4, -0.2) is 30.3 Å². The van der Waals surface area contributed by atoms with Gasteiger partial charge in [0, 0.05) is 5.56 Å². The Morgan fingerprint density at radius 3 is 2.06 bits per heavy atom. The molecule has 98 valence electrons. The molecule has 18 heavy (non-hydrogen) atoms. The monoisotopic (exact) mass is 245 g/mol. The summed E-state index contributed by atoms with van der Waals surface area (Å²) in [6.07, 6.45) is 2.47. The molecule has 0 aromatic heterocycles. The van der Waals surface area contributed by atoms with E-state index >= 15 is 0 Å². The Bertz CT molecular complexity index is 444. The quantitative estimate of drug-likeness (QED) is 0.762. The van der Waals surface area contributed by atoms with Crippen LogP contribution < -0.4 is 0 Å². The van der Waals surface area contributed by atoms with Crippen molar-refractivity contribution in [2.45, 2.75) is 40.5 Å². The van der Waals surface area contributed by atoms with Crippen molar-refractivity contribution in [2.24, 2.45) is 0 Å². The number of carbonyl (C=O) groups excluding carboxylic acids is 1. The lowest BCUT2D eigenvalue weighted by atomic mass is 9.91. The van der Waals surface area contributed by atoms with Gasteiger partial charge >= 0.3 is 0 Å². The molecule has 2 rings (SSSR count). The van der Waals surface area contributed by atoms with Gasteiger partial charge in [0.05, 0.1) is 6.54 Å². The molecule has 1 aliphatic rings. The summed E-state index contributed by atoms with van der Waals surface area (Å²) in [5.41, 5.74) is 5.72. The van der Waals surface area contributed by atoms with Crippen molar-refractivity contribution in [3.05, 3.63) is 33.9 Å². The predicted molar refractivity (Wildman–Crippen MR) is 75.4 cm³/mol. The molecule has 2 nitrogen and oxygen atoms in total. The average molecular weight is 245 g/mol. The molecule has 1 fully saturated rings. The average Bonchev–Trinajstić information content (AvgIpc) is 2.79. The molecule has 0 unspecified atom stereocenters. The molecule has 0 saturated carbocycles. The van der Waals surface area contributed by atoms with Gasteiger partial charge in [-0.15, -0.1) is 0 Å². The van der Waals surface area contributed by atoms with Gasteiger partial charge in [0.2, 0.25) is 0 Å². The maximum atomic E-state index is 12.5. The van der Waals surface area contributed by atoms with Crippen molar-refractivity contribution in [3.8, 4) is 0 Å². The van der Waals surface area contributed by atoms with E-state index in [0.29, 0.717) is 12.3 Å². The molecular formula is C16H23NO. The first-order chi connectivity index (χ1) is 8.50. The van der Waals surface area contributed by atoms with Crippen molar-refractivity contribution in [2.75, 3.05) is 19.6 Å². The van der Waals surface area contributed by atoms with E-state index in [9.17, 15) is 4.79 Å². The standard InChI is InChI=1S/C16H23NO/c1-11-9-12(2)14(4)16(13(11)3)15(18)10-17-7-5-6-8-17/h9H,5-8,10H2,1-4H3. The van der Waals surface area contributed by atoms with E-state index in [-0.39, 0.29) is 0 Å². The summed E-state index contributed by atoms with van der Waals surface area (Å²) in [5.74, 6) is 0.290. The fourth-order valence-electron chi connectivity index (χ4n) is 2.86. The van der Waals surface area contributed by atoms with Crippen LogP contribution in [0.15, 0.2) is 6.07 Å². The molecule has 0 radical (unpaired) electrons. The number of aryl methyl sites for hydroxylation is 2. The van der Waals surface area contributed by atoms with E-state index in [1.54, 1.807) is 0 Å². The first-order valence-corrected chi connectivity index (χ1v) is 6.83. The number of nitrogens with zero attached hydrogens (tertiary/aromatic N) is 1. The highest BCUT2D eigenvalue weighted by Gasteiger charge is 2.20. The van der Waals surface area contributed by atoms with Crippen LogP contribution in [0.3, 0.4) is 0 Å². The second kappa shape index (κ2) is 5.23. The number of hydrogen-bond donors (Lipinski definition) is 0. The minimum Gasteiger partial charge on any atom is -0.296 e. The molecule has 1 aliphatic heterocycles. The molecule has 0 aliphatic carbocycles. The van der Waals surface area contributed by atoms with Crippen molar-refractivity contribution < 1.29 is 4.79 Å². The third-order valence-corrected chi connectivity index (χ3v) is 4.21. The Morgan fingerprint density at radius 2 is 1.56 bits per heavy atom. The predicted octanol–water partition coefficient (Wildman–Crippen LogP) is 3.20. The summed E-state index contributed by atoms with van der Waals surface area (Å²) in [7, 11) is 0. The summed E-state index contributed by atoms with van der Waals surface area (Å²) < 4.78 is 0. The first-order valence-electron chi connectivity index (χ1n) is 6.83. The summed E-state index contributed by atoms with van der Waals surface area (Å²) in [4.78, 5) is 14.8. The van der Waals surface area contributed by atoms with Crippen LogP contribution in [0.1, 0.15) is 45.5 Å². The smallest absolute Gasteiger partial charge is 0.177 e. The van der Waals surface area contributed by atoms with Crippen LogP contribution in [0, 0.1) is 27.7 Å². The molecule has 0 amide bonds. The molecule has 0 spiro atoms. The highest BCUT2D eigenvalue weighted by Crippen LogP contribution is 2.22. The summed E-state index contributed by atoms with van der Waals surface area (Å²) in [6.45, 7) is 11.1. The van der Waals surface area contributed by atoms with Gasteiger partial charge in [0.15, 0.2) is 5.78 Å². The zero-order valence-electron chi connectivity index (χ0n) is 12.0. The minimum atomic E-state index is 0.290. The minimum absolute atomic E-state index is 0.290. The third kappa shape index (κ3) is 2.49. The molecule has 1 aromatic carbocycles. The Morgan fingerprint density at radius 1 is 1.06 bits per heavy atom. The number of carbonyl (C=O) groups is 1. The van der Waals surface area contributed by atoms with Gasteiger partial charge in [-0.3, -0.25) is 9.69 Å². The number of Topliss-reactive ketones (excluding diaryl/α,β-unsaturated/α-hetero) is 1. The lowest BCUT2D eigenvalue weighted by Gasteiger charge is -2.18. The van der Waals surface area contributed by atoms with Crippen LogP contribution in [0.2, 0.25) is 0 Å². The highest BCUT2D eigenvalue weighted by molar-refractivity contribution is 6.00. The normalized spacial score (nSPS) is 16.2. The summed E-state index contributed by atoms with van der Waals surface area (Å²) in [6, 6.07) is 2.18. The third-order valence-electron chi connectivity index (χ3n) is 4.21. The maximum Gasteiger partial charge on any atom is 0.177 e. The van der Waals surface area contributed by atoms with Crippen molar-refractivity contribution in [1.29, 1.82) is 0 Å². The van der Waals surface area contributed by atoms with Gasteiger partial charge in [-0.25, -0.2) is 0 Å². The fraction of sp³-hybridized carbons (Fsp3) is 0.562. The first kappa shape index (κ1) is 13.3. The van der Waals surface area contributed by atoms with E-state index < -0.39 is 0 Å². The Labute approximate surface area is 110 Å². The van der Waals surface area contributed by atoms with Gasteiger partial charge in [0.1, 0.15) is 0 Å². The van der Waals surface area contributed by atoms with Crippen LogP contribution in [0.25, 0.3) is 0 Å². The number of likely N-dealkylation sites (tertiary alicyclic amines) is 1. The Kier molecular flexibility index (Phi) is 3.86. The lowest BCUT2D eigenvalue weighted by Crippen LogP contribution is -2.28. The SMILES string of the molecule is Cc1cc(C)c(C)c(C(=O)CN2CCCC2)c1C. The van der Waals surface area contributed by atoms with Gasteiger partial charge in [0.25, 0.3) is 0 Å². The van der Waals surface area contributed by atoms with Crippen LogP contribution in [0.5, 0.6) is 0 Å². The molecule has 0 bridgehead atoms. The summed E-state index contributed by atoms with van der Waals surface area (Å²) >= 11 is 0. The van der Waals surface area contributed by atoms with Crippen LogP contribution in [-0.2, 0) is 0 Å². The van der Waals surface area contributed by atoms with E-state index in [4.69, 9.17) is 0 Å². The van der Waals surface area contributed by atoms with Gasteiger partial charge in [-0.1, -0.05) is 6.07 Å².